The molecule has 1 aromatic carbocycles. The Bertz CT molecular complexity index is 510. The van der Waals surface area contributed by atoms with Crippen molar-refractivity contribution in [2.45, 2.75) is 39.2 Å². The van der Waals surface area contributed by atoms with Gasteiger partial charge in [0.05, 0.1) is 16.7 Å². The summed E-state index contributed by atoms with van der Waals surface area (Å²) in [5, 5.41) is 14.4. The van der Waals surface area contributed by atoms with Crippen LogP contribution in [0.15, 0.2) is 24.3 Å². The van der Waals surface area contributed by atoms with E-state index in [1.165, 1.54) is 22.7 Å². The number of nitrogens with zero attached hydrogens (tertiary/aromatic N) is 2. The zero-order valence-electron chi connectivity index (χ0n) is 10.8. The Morgan fingerprint density at radius 1 is 1.33 bits per heavy atom. The van der Waals surface area contributed by atoms with Crippen LogP contribution in [0.5, 0.6) is 0 Å². The first-order valence-electron chi connectivity index (χ1n) is 6.26. The second-order valence-corrected chi connectivity index (χ2v) is 5.27. The predicted octanol–water partition coefficient (Wildman–Crippen LogP) is 3.08. The third-order valence-electron chi connectivity index (χ3n) is 3.05. The molecule has 0 amide bonds. The van der Waals surface area contributed by atoms with Gasteiger partial charge in [-0.15, -0.1) is 5.10 Å². The van der Waals surface area contributed by atoms with Crippen LogP contribution in [-0.4, -0.2) is 14.7 Å². The molecule has 3 nitrogen and oxygen atoms in total. The normalized spacial score (nSPS) is 12.6. The average molecular weight is 262 g/mol. The quantitative estimate of drug-likeness (QED) is 0.900. The van der Waals surface area contributed by atoms with Crippen LogP contribution in [0, 0.1) is 6.92 Å². The molecule has 4 heteroatoms. The molecule has 0 aliphatic rings. The first kappa shape index (κ1) is 13.2. The molecular formula is C14H18N2OS. The molecule has 1 aromatic heterocycles. The van der Waals surface area contributed by atoms with Crippen molar-refractivity contribution in [2.75, 3.05) is 0 Å². The summed E-state index contributed by atoms with van der Waals surface area (Å²) in [4.78, 5) is 0.917. The van der Waals surface area contributed by atoms with Crippen LogP contribution in [0.2, 0.25) is 0 Å². The lowest BCUT2D eigenvalue weighted by molar-refractivity contribution is 0.180. The van der Waals surface area contributed by atoms with Gasteiger partial charge in [0.1, 0.15) is 0 Å². The lowest BCUT2D eigenvalue weighted by atomic mass is 10.0. The van der Waals surface area contributed by atoms with Crippen molar-refractivity contribution >= 4 is 11.5 Å². The van der Waals surface area contributed by atoms with Crippen molar-refractivity contribution in [3.05, 3.63) is 46.0 Å². The van der Waals surface area contributed by atoms with Crippen LogP contribution in [0.3, 0.4) is 0 Å². The second-order valence-electron chi connectivity index (χ2n) is 4.48. The van der Waals surface area contributed by atoms with Gasteiger partial charge in [0, 0.05) is 6.42 Å². The van der Waals surface area contributed by atoms with Gasteiger partial charge in [0.25, 0.3) is 0 Å². The minimum atomic E-state index is -0.493. The Labute approximate surface area is 112 Å². The van der Waals surface area contributed by atoms with Gasteiger partial charge in [-0.3, -0.25) is 0 Å². The molecule has 0 saturated heterocycles. The van der Waals surface area contributed by atoms with Gasteiger partial charge < -0.3 is 5.11 Å². The van der Waals surface area contributed by atoms with Gasteiger partial charge in [0.2, 0.25) is 0 Å². The average Bonchev–Trinajstić information content (AvgIpc) is 2.81. The van der Waals surface area contributed by atoms with Crippen LogP contribution < -0.4 is 0 Å². The summed E-state index contributed by atoms with van der Waals surface area (Å²) in [6, 6.07) is 8.15. The molecule has 0 saturated carbocycles. The Balaban J connectivity index is 2.14. The molecule has 2 rings (SSSR count). The largest absolute Gasteiger partial charge is 0.387 e. The van der Waals surface area contributed by atoms with E-state index in [1.807, 2.05) is 12.1 Å². The first-order chi connectivity index (χ1) is 8.72. The van der Waals surface area contributed by atoms with E-state index in [1.54, 1.807) is 0 Å². The maximum atomic E-state index is 10.3. The van der Waals surface area contributed by atoms with Gasteiger partial charge in [-0.05, 0) is 36.0 Å². The van der Waals surface area contributed by atoms with Crippen LogP contribution >= 0.6 is 11.5 Å². The zero-order chi connectivity index (χ0) is 13.0. The van der Waals surface area contributed by atoms with Gasteiger partial charge in [0.15, 0.2) is 0 Å². The highest BCUT2D eigenvalue weighted by Crippen LogP contribution is 2.25. The molecule has 1 N–H and O–H groups in total. The van der Waals surface area contributed by atoms with E-state index < -0.39 is 6.10 Å². The lowest BCUT2D eigenvalue weighted by Gasteiger charge is -2.11. The maximum absolute atomic E-state index is 10.3. The Hall–Kier alpha value is -1.26. The molecule has 0 aliphatic carbocycles. The minimum Gasteiger partial charge on any atom is -0.387 e. The fourth-order valence-corrected chi connectivity index (χ4v) is 2.70. The van der Waals surface area contributed by atoms with Crippen LogP contribution in [-0.2, 0) is 12.8 Å². The summed E-state index contributed by atoms with van der Waals surface area (Å²) in [5.74, 6) is 0. The maximum Gasteiger partial charge on any atom is 0.0957 e. The Kier molecular flexibility index (Phi) is 4.44. The summed E-state index contributed by atoms with van der Waals surface area (Å²) in [5.41, 5.74) is 3.34. The third-order valence-corrected chi connectivity index (χ3v) is 3.92. The molecule has 1 heterocycles. The molecule has 1 unspecified atom stereocenters. The standard InChI is InChI=1S/C14H18N2OS/c1-3-6-12-14(18-16-15-12)13(17)9-11-8-5-4-7-10(11)2/h4-5,7-8,13,17H,3,6,9H2,1-2H3. The van der Waals surface area contributed by atoms with Crippen molar-refractivity contribution < 1.29 is 5.11 Å². The topological polar surface area (TPSA) is 46.0 Å². The summed E-state index contributed by atoms with van der Waals surface area (Å²) < 4.78 is 3.96. The predicted molar refractivity (Wildman–Crippen MR) is 73.7 cm³/mol. The van der Waals surface area contributed by atoms with E-state index >= 15 is 0 Å². The molecule has 1 atom stereocenters. The molecule has 0 radical (unpaired) electrons. The van der Waals surface area contributed by atoms with E-state index in [0.717, 1.165) is 23.4 Å². The molecule has 2 aromatic rings. The third kappa shape index (κ3) is 2.94. The number of benzene rings is 1. The molecule has 0 bridgehead atoms. The van der Waals surface area contributed by atoms with Crippen LogP contribution in [0.4, 0.5) is 0 Å². The number of rotatable bonds is 5. The fraction of sp³-hybridized carbons (Fsp3) is 0.429. The molecule has 96 valence electrons. The highest BCUT2D eigenvalue weighted by molar-refractivity contribution is 7.05. The van der Waals surface area contributed by atoms with E-state index in [2.05, 4.69) is 35.6 Å². The Morgan fingerprint density at radius 3 is 2.83 bits per heavy atom. The number of aryl methyl sites for hydroxylation is 2. The number of aliphatic hydroxyl groups is 1. The summed E-state index contributed by atoms with van der Waals surface area (Å²) in [6.07, 6.45) is 2.05. The van der Waals surface area contributed by atoms with E-state index in [0.29, 0.717) is 6.42 Å². The Morgan fingerprint density at radius 2 is 2.11 bits per heavy atom. The minimum absolute atomic E-state index is 0.493. The zero-order valence-corrected chi connectivity index (χ0v) is 11.6. The van der Waals surface area contributed by atoms with E-state index in [-0.39, 0.29) is 0 Å². The van der Waals surface area contributed by atoms with Crippen molar-refractivity contribution in [1.82, 2.24) is 9.59 Å². The van der Waals surface area contributed by atoms with E-state index in [4.69, 9.17) is 0 Å². The molecule has 18 heavy (non-hydrogen) atoms. The molecule has 0 spiro atoms. The number of hydrogen-bond acceptors (Lipinski definition) is 4. The number of hydrogen-bond donors (Lipinski definition) is 1. The molecule has 0 aliphatic heterocycles. The smallest absolute Gasteiger partial charge is 0.0957 e. The number of aromatic nitrogens is 2. The summed E-state index contributed by atoms with van der Waals surface area (Å²) in [6.45, 7) is 4.18. The van der Waals surface area contributed by atoms with Gasteiger partial charge >= 0.3 is 0 Å². The molecular weight excluding hydrogens is 244 g/mol. The van der Waals surface area contributed by atoms with Crippen molar-refractivity contribution in [2.24, 2.45) is 0 Å². The SMILES string of the molecule is CCCc1nnsc1C(O)Cc1ccccc1C. The fourth-order valence-electron chi connectivity index (χ4n) is 2.02. The summed E-state index contributed by atoms with van der Waals surface area (Å²) in [7, 11) is 0. The first-order valence-corrected chi connectivity index (χ1v) is 7.03. The number of aliphatic hydroxyl groups excluding tert-OH is 1. The van der Waals surface area contributed by atoms with Gasteiger partial charge in [-0.1, -0.05) is 42.1 Å². The molecule has 0 fully saturated rings. The highest BCUT2D eigenvalue weighted by atomic mass is 32.1. The van der Waals surface area contributed by atoms with Crippen molar-refractivity contribution in [3.8, 4) is 0 Å². The lowest BCUT2D eigenvalue weighted by Crippen LogP contribution is -2.04. The van der Waals surface area contributed by atoms with Gasteiger partial charge in [-0.25, -0.2) is 0 Å². The van der Waals surface area contributed by atoms with Crippen LogP contribution in [0.25, 0.3) is 0 Å². The van der Waals surface area contributed by atoms with Crippen LogP contribution in [0.1, 0.15) is 41.1 Å². The summed E-state index contributed by atoms with van der Waals surface area (Å²) >= 11 is 1.31. The van der Waals surface area contributed by atoms with Crippen molar-refractivity contribution in [3.63, 3.8) is 0 Å². The highest BCUT2D eigenvalue weighted by Gasteiger charge is 2.17. The van der Waals surface area contributed by atoms with E-state index in [9.17, 15) is 5.11 Å². The van der Waals surface area contributed by atoms with Crippen molar-refractivity contribution in [1.29, 1.82) is 0 Å². The second kappa shape index (κ2) is 6.07. The monoisotopic (exact) mass is 262 g/mol. The van der Waals surface area contributed by atoms with Gasteiger partial charge in [-0.2, -0.15) is 0 Å².